The van der Waals surface area contributed by atoms with Gasteiger partial charge in [-0.15, -0.1) is 11.3 Å². The Morgan fingerprint density at radius 1 is 1.33 bits per heavy atom. The maximum atomic E-state index is 4.82. The van der Waals surface area contributed by atoms with Crippen LogP contribution in [0.3, 0.4) is 0 Å². The monoisotopic (exact) mass is 303 g/mol. The first kappa shape index (κ1) is 16.0. The molecule has 4 heteroatoms. The van der Waals surface area contributed by atoms with E-state index in [4.69, 9.17) is 4.98 Å². The van der Waals surface area contributed by atoms with Crippen molar-refractivity contribution in [3.63, 3.8) is 0 Å². The lowest BCUT2D eigenvalue weighted by molar-refractivity contribution is 0.776. The molecule has 0 aromatic carbocycles. The number of hydrogen-bond acceptors (Lipinski definition) is 4. The average Bonchev–Trinajstić information content (AvgIpc) is 2.98. The summed E-state index contributed by atoms with van der Waals surface area (Å²) in [6, 6.07) is 8.71. The summed E-state index contributed by atoms with van der Waals surface area (Å²) in [5.41, 5.74) is 2.47. The van der Waals surface area contributed by atoms with Crippen molar-refractivity contribution in [1.29, 1.82) is 0 Å². The summed E-state index contributed by atoms with van der Waals surface area (Å²) in [6.45, 7) is 6.27. The van der Waals surface area contributed by atoms with Crippen molar-refractivity contribution in [3.8, 4) is 0 Å². The van der Waals surface area contributed by atoms with Crippen molar-refractivity contribution in [2.45, 2.75) is 32.7 Å². The van der Waals surface area contributed by atoms with Crippen molar-refractivity contribution < 1.29 is 0 Å². The number of nitrogens with one attached hydrogen (secondary N) is 1. The summed E-state index contributed by atoms with van der Waals surface area (Å²) in [5, 5.41) is 5.36. The van der Waals surface area contributed by atoms with Gasteiger partial charge in [0.15, 0.2) is 0 Å². The highest BCUT2D eigenvalue weighted by Crippen LogP contribution is 2.20. The Balaban J connectivity index is 2.12. The van der Waals surface area contributed by atoms with Crippen LogP contribution in [0, 0.1) is 0 Å². The molecule has 2 heterocycles. The van der Waals surface area contributed by atoms with Crippen molar-refractivity contribution in [1.82, 2.24) is 10.3 Å². The number of anilines is 1. The molecule has 2 aromatic heterocycles. The highest BCUT2D eigenvalue weighted by Gasteiger charge is 2.09. The van der Waals surface area contributed by atoms with E-state index in [-0.39, 0.29) is 0 Å². The van der Waals surface area contributed by atoms with Gasteiger partial charge in [0.1, 0.15) is 5.82 Å². The predicted molar refractivity (Wildman–Crippen MR) is 92.4 cm³/mol. The van der Waals surface area contributed by atoms with Gasteiger partial charge in [-0.3, -0.25) is 0 Å². The molecule has 114 valence electrons. The van der Waals surface area contributed by atoms with Gasteiger partial charge < -0.3 is 10.2 Å². The van der Waals surface area contributed by atoms with E-state index in [9.17, 15) is 0 Å². The van der Waals surface area contributed by atoms with Gasteiger partial charge in [-0.1, -0.05) is 19.9 Å². The van der Waals surface area contributed by atoms with Gasteiger partial charge >= 0.3 is 0 Å². The van der Waals surface area contributed by atoms with E-state index in [0.29, 0.717) is 5.92 Å². The molecule has 0 atom stereocenters. The average molecular weight is 303 g/mol. The van der Waals surface area contributed by atoms with E-state index >= 15 is 0 Å². The van der Waals surface area contributed by atoms with E-state index in [0.717, 1.165) is 25.3 Å². The maximum absolute atomic E-state index is 4.82. The van der Waals surface area contributed by atoms with Crippen molar-refractivity contribution in [2.75, 3.05) is 25.5 Å². The number of likely N-dealkylation sites (N-methyl/N-ethyl adjacent to an activating group) is 1. The fourth-order valence-electron chi connectivity index (χ4n) is 2.24. The van der Waals surface area contributed by atoms with E-state index in [2.05, 4.69) is 60.8 Å². The first-order valence-corrected chi connectivity index (χ1v) is 8.37. The van der Waals surface area contributed by atoms with Crippen LogP contribution in [-0.2, 0) is 13.0 Å². The molecule has 0 aliphatic heterocycles. The lowest BCUT2D eigenvalue weighted by Crippen LogP contribution is -2.22. The number of pyridine rings is 1. The fraction of sp³-hybridized carbons (Fsp3) is 0.471. The molecule has 2 aromatic rings. The van der Waals surface area contributed by atoms with Crippen LogP contribution in [0.25, 0.3) is 0 Å². The second-order valence-corrected chi connectivity index (χ2v) is 6.73. The third-order valence-electron chi connectivity index (χ3n) is 3.53. The predicted octanol–water partition coefficient (Wildman–Crippen LogP) is 3.66. The van der Waals surface area contributed by atoms with Crippen LogP contribution in [0.15, 0.2) is 29.6 Å². The first-order chi connectivity index (χ1) is 10.1. The third-order valence-corrected chi connectivity index (χ3v) is 4.46. The molecule has 0 aliphatic carbocycles. The molecule has 0 bridgehead atoms. The zero-order chi connectivity index (χ0) is 15.2. The highest BCUT2D eigenvalue weighted by molar-refractivity contribution is 7.09. The number of aromatic nitrogens is 1. The van der Waals surface area contributed by atoms with Gasteiger partial charge in [-0.2, -0.15) is 0 Å². The van der Waals surface area contributed by atoms with E-state index < -0.39 is 0 Å². The Labute approximate surface area is 132 Å². The minimum absolute atomic E-state index is 0.450. The molecule has 0 radical (unpaired) electrons. The molecule has 0 unspecified atom stereocenters. The Bertz CT molecular complexity index is 549. The quantitative estimate of drug-likeness (QED) is 0.846. The molecule has 2 rings (SSSR count). The van der Waals surface area contributed by atoms with Gasteiger partial charge in [0.05, 0.1) is 0 Å². The second kappa shape index (κ2) is 7.57. The Kier molecular flexibility index (Phi) is 5.76. The standard InChI is InChI=1S/C17H25N3S/c1-13(2)16-10-14(12-18-3)11-17(19-16)20(4)8-7-15-6-5-9-21-15/h5-6,9-11,13,18H,7-8,12H2,1-4H3. The van der Waals surface area contributed by atoms with Gasteiger partial charge in [0, 0.05) is 30.7 Å². The first-order valence-electron chi connectivity index (χ1n) is 7.49. The molecule has 0 saturated heterocycles. The Morgan fingerprint density at radius 2 is 2.14 bits per heavy atom. The third kappa shape index (κ3) is 4.55. The van der Waals surface area contributed by atoms with Crippen molar-refractivity contribution in [3.05, 3.63) is 45.8 Å². The van der Waals surface area contributed by atoms with Crippen LogP contribution in [0.5, 0.6) is 0 Å². The molecule has 0 saturated carbocycles. The molecule has 0 aliphatic rings. The Morgan fingerprint density at radius 3 is 2.76 bits per heavy atom. The lowest BCUT2D eigenvalue weighted by atomic mass is 10.1. The van der Waals surface area contributed by atoms with Crippen molar-refractivity contribution >= 4 is 17.2 Å². The van der Waals surface area contributed by atoms with Gasteiger partial charge in [-0.05, 0) is 48.5 Å². The van der Waals surface area contributed by atoms with Crippen LogP contribution in [-0.4, -0.2) is 25.6 Å². The zero-order valence-corrected chi connectivity index (χ0v) is 14.2. The molecule has 0 spiro atoms. The van der Waals surface area contributed by atoms with E-state index in [1.807, 2.05) is 18.4 Å². The van der Waals surface area contributed by atoms with Crippen LogP contribution in [0.1, 0.15) is 35.9 Å². The summed E-state index contributed by atoms with van der Waals surface area (Å²) in [4.78, 5) is 8.50. The van der Waals surface area contributed by atoms with Gasteiger partial charge in [0.25, 0.3) is 0 Å². The minimum Gasteiger partial charge on any atom is -0.359 e. The van der Waals surface area contributed by atoms with Gasteiger partial charge in [0.2, 0.25) is 0 Å². The van der Waals surface area contributed by atoms with E-state index in [1.165, 1.54) is 16.1 Å². The van der Waals surface area contributed by atoms with Crippen LogP contribution in [0.4, 0.5) is 5.82 Å². The largest absolute Gasteiger partial charge is 0.359 e. The van der Waals surface area contributed by atoms with Gasteiger partial charge in [-0.25, -0.2) is 4.98 Å². The summed E-state index contributed by atoms with van der Waals surface area (Å²) >= 11 is 1.82. The lowest BCUT2D eigenvalue weighted by Gasteiger charge is -2.20. The number of rotatable bonds is 7. The molecular formula is C17H25N3S. The van der Waals surface area contributed by atoms with E-state index in [1.54, 1.807) is 0 Å². The molecule has 0 amide bonds. The Hall–Kier alpha value is -1.39. The summed E-state index contributed by atoms with van der Waals surface area (Å²) in [6.07, 6.45) is 1.07. The molecule has 0 fully saturated rings. The van der Waals surface area contributed by atoms with Crippen LogP contribution >= 0.6 is 11.3 Å². The molecular weight excluding hydrogens is 278 g/mol. The number of nitrogens with zero attached hydrogens (tertiary/aromatic N) is 2. The second-order valence-electron chi connectivity index (χ2n) is 5.69. The summed E-state index contributed by atoms with van der Waals surface area (Å²) in [5.74, 6) is 1.52. The zero-order valence-electron chi connectivity index (χ0n) is 13.4. The normalized spacial score (nSPS) is 11.1. The van der Waals surface area contributed by atoms with Crippen LogP contribution < -0.4 is 10.2 Å². The molecule has 21 heavy (non-hydrogen) atoms. The molecule has 1 N–H and O–H groups in total. The van der Waals surface area contributed by atoms with Crippen molar-refractivity contribution in [2.24, 2.45) is 0 Å². The summed E-state index contributed by atoms with van der Waals surface area (Å²) in [7, 11) is 4.11. The SMILES string of the molecule is CNCc1cc(C(C)C)nc(N(C)CCc2cccs2)c1. The number of hydrogen-bond donors (Lipinski definition) is 1. The topological polar surface area (TPSA) is 28.2 Å². The number of thiophene rings is 1. The van der Waals surface area contributed by atoms with Crippen LogP contribution in [0.2, 0.25) is 0 Å². The summed E-state index contributed by atoms with van der Waals surface area (Å²) < 4.78 is 0. The highest BCUT2D eigenvalue weighted by atomic mass is 32.1. The minimum atomic E-state index is 0.450. The maximum Gasteiger partial charge on any atom is 0.128 e. The smallest absolute Gasteiger partial charge is 0.128 e. The molecule has 3 nitrogen and oxygen atoms in total. The fourth-order valence-corrected chi connectivity index (χ4v) is 2.94.